The molecular weight excluding hydrogens is 284 g/mol. The van der Waals surface area contributed by atoms with Gasteiger partial charge in [-0.15, -0.1) is 0 Å². The summed E-state index contributed by atoms with van der Waals surface area (Å²) >= 11 is 0. The number of hydrazine groups is 1. The Bertz CT molecular complexity index is 700. The van der Waals surface area contributed by atoms with E-state index in [2.05, 4.69) is 36.3 Å². The van der Waals surface area contributed by atoms with Crippen molar-refractivity contribution in [2.75, 3.05) is 5.32 Å². The van der Waals surface area contributed by atoms with Gasteiger partial charge in [0.05, 0.1) is 11.6 Å². The summed E-state index contributed by atoms with van der Waals surface area (Å²) in [4.78, 5) is 20.0. The minimum absolute atomic E-state index is 0.199. The van der Waals surface area contributed by atoms with Crippen LogP contribution in [0.15, 0.2) is 12.5 Å². The Morgan fingerprint density at radius 1 is 1.32 bits per heavy atom. The molecule has 9 heteroatoms. The lowest BCUT2D eigenvalue weighted by atomic mass is 9.79. The second-order valence-electron chi connectivity index (χ2n) is 5.95. The number of carbonyl (C=O) groups excluding carboxylic acids is 1. The van der Waals surface area contributed by atoms with Crippen LogP contribution >= 0.6 is 0 Å². The second-order valence-corrected chi connectivity index (χ2v) is 5.95. The maximum atomic E-state index is 11.5. The molecule has 2 aliphatic rings. The molecule has 0 bridgehead atoms. The molecule has 116 valence electrons. The third kappa shape index (κ3) is 2.18. The fraction of sp³-hybridized carbons (Fsp3) is 0.538. The number of amides is 1. The van der Waals surface area contributed by atoms with Crippen LogP contribution < -0.4 is 21.9 Å². The number of nitrogens with zero attached hydrogens (tertiary/aromatic N) is 3. The topological polar surface area (TPSA) is 134 Å². The highest BCUT2D eigenvalue weighted by molar-refractivity contribution is 5.85. The standard InChI is InChI=1S/C13H18N8O/c14-11(22)10-7-3-6(1-2-9(7)19-20-10)18-12-8-4-17-21-13(8)16-5-15-12/h4-7,9-10,19-20H,1-3H2,(H2,14,22)(H2,15,16,17,18,21). The molecule has 1 aliphatic heterocycles. The molecule has 1 amide bonds. The average Bonchev–Trinajstić information content (AvgIpc) is 3.13. The lowest BCUT2D eigenvalue weighted by Crippen LogP contribution is -2.44. The van der Waals surface area contributed by atoms with Crippen LogP contribution in [0.5, 0.6) is 0 Å². The van der Waals surface area contributed by atoms with Gasteiger partial charge in [0.1, 0.15) is 18.2 Å². The summed E-state index contributed by atoms with van der Waals surface area (Å²) in [5.41, 5.74) is 12.4. The Hall–Kier alpha value is -2.26. The van der Waals surface area contributed by atoms with Gasteiger partial charge in [-0.3, -0.25) is 15.3 Å². The summed E-state index contributed by atoms with van der Waals surface area (Å²) in [6.45, 7) is 0. The van der Waals surface area contributed by atoms with Crippen LogP contribution in [0.4, 0.5) is 5.82 Å². The molecular formula is C13H18N8O. The number of aromatic nitrogens is 4. The fourth-order valence-corrected chi connectivity index (χ4v) is 3.54. The Morgan fingerprint density at radius 2 is 2.23 bits per heavy atom. The molecule has 2 aromatic rings. The summed E-state index contributed by atoms with van der Waals surface area (Å²) in [5.74, 6) is 0.669. The van der Waals surface area contributed by atoms with E-state index in [1.807, 2.05) is 0 Å². The minimum atomic E-state index is -0.311. The number of rotatable bonds is 3. The number of anilines is 1. The first-order chi connectivity index (χ1) is 10.7. The van der Waals surface area contributed by atoms with E-state index < -0.39 is 0 Å². The number of fused-ring (bicyclic) bond motifs is 2. The second kappa shape index (κ2) is 5.18. The van der Waals surface area contributed by atoms with Crippen molar-refractivity contribution in [2.24, 2.45) is 11.7 Å². The van der Waals surface area contributed by atoms with Gasteiger partial charge in [-0.1, -0.05) is 0 Å². The number of nitrogens with one attached hydrogen (secondary N) is 4. The largest absolute Gasteiger partial charge is 0.368 e. The van der Waals surface area contributed by atoms with Gasteiger partial charge in [-0.25, -0.2) is 15.4 Å². The van der Waals surface area contributed by atoms with Crippen LogP contribution in [0.1, 0.15) is 19.3 Å². The van der Waals surface area contributed by atoms with E-state index in [1.165, 1.54) is 6.33 Å². The molecule has 6 N–H and O–H groups in total. The van der Waals surface area contributed by atoms with Crippen molar-refractivity contribution in [1.29, 1.82) is 0 Å². The van der Waals surface area contributed by atoms with E-state index >= 15 is 0 Å². The summed E-state index contributed by atoms with van der Waals surface area (Å²) in [5, 5.41) is 11.2. The Kier molecular flexibility index (Phi) is 3.16. The lowest BCUT2D eigenvalue weighted by Gasteiger charge is -2.33. The summed E-state index contributed by atoms with van der Waals surface area (Å²) in [6.07, 6.45) is 6.08. The summed E-state index contributed by atoms with van der Waals surface area (Å²) in [7, 11) is 0. The number of hydrogen-bond donors (Lipinski definition) is 5. The third-order valence-corrected chi connectivity index (χ3v) is 4.65. The van der Waals surface area contributed by atoms with Crippen molar-refractivity contribution in [3.8, 4) is 0 Å². The van der Waals surface area contributed by atoms with E-state index in [9.17, 15) is 4.79 Å². The number of hydrogen-bond acceptors (Lipinski definition) is 7. The zero-order chi connectivity index (χ0) is 15.1. The molecule has 1 aliphatic carbocycles. The van der Waals surface area contributed by atoms with Crippen molar-refractivity contribution in [2.45, 2.75) is 37.4 Å². The minimum Gasteiger partial charge on any atom is -0.368 e. The van der Waals surface area contributed by atoms with Crippen LogP contribution in [0, 0.1) is 5.92 Å². The molecule has 2 fully saturated rings. The van der Waals surface area contributed by atoms with Gasteiger partial charge < -0.3 is 11.1 Å². The molecule has 4 unspecified atom stereocenters. The van der Waals surface area contributed by atoms with Crippen LogP contribution in [-0.4, -0.2) is 44.2 Å². The van der Waals surface area contributed by atoms with E-state index in [0.29, 0.717) is 11.7 Å². The Morgan fingerprint density at radius 3 is 3.09 bits per heavy atom. The van der Waals surface area contributed by atoms with Gasteiger partial charge in [0.25, 0.3) is 0 Å². The average molecular weight is 302 g/mol. The number of carbonyl (C=O) groups is 1. The van der Waals surface area contributed by atoms with Crippen molar-refractivity contribution >= 4 is 22.8 Å². The highest BCUT2D eigenvalue weighted by Gasteiger charge is 2.42. The van der Waals surface area contributed by atoms with E-state index in [4.69, 9.17) is 5.73 Å². The number of primary amides is 1. The maximum Gasteiger partial charge on any atom is 0.236 e. The van der Waals surface area contributed by atoms with Gasteiger partial charge in [-0.2, -0.15) is 5.10 Å². The Balaban J connectivity index is 1.52. The quantitative estimate of drug-likeness (QED) is 0.504. The first kappa shape index (κ1) is 13.4. The third-order valence-electron chi connectivity index (χ3n) is 4.65. The smallest absolute Gasteiger partial charge is 0.236 e. The number of nitrogens with two attached hydrogens (primary N) is 1. The predicted octanol–water partition coefficient (Wildman–Crippen LogP) is -0.736. The molecule has 1 saturated carbocycles. The highest BCUT2D eigenvalue weighted by Crippen LogP contribution is 2.32. The first-order valence-electron chi connectivity index (χ1n) is 7.43. The number of H-pyrrole nitrogens is 1. The summed E-state index contributed by atoms with van der Waals surface area (Å²) < 4.78 is 0. The molecule has 1 saturated heterocycles. The van der Waals surface area contributed by atoms with Gasteiger partial charge >= 0.3 is 0 Å². The number of aromatic amines is 1. The van der Waals surface area contributed by atoms with Crippen LogP contribution in [-0.2, 0) is 4.79 Å². The molecule has 4 rings (SSSR count). The molecule has 3 heterocycles. The predicted molar refractivity (Wildman–Crippen MR) is 79.5 cm³/mol. The Labute approximate surface area is 126 Å². The van der Waals surface area contributed by atoms with Crippen LogP contribution in [0.3, 0.4) is 0 Å². The van der Waals surface area contributed by atoms with Crippen LogP contribution in [0.25, 0.3) is 11.0 Å². The van der Waals surface area contributed by atoms with E-state index in [-0.39, 0.29) is 23.9 Å². The van der Waals surface area contributed by atoms with Gasteiger partial charge in [-0.05, 0) is 19.3 Å². The zero-order valence-corrected chi connectivity index (χ0v) is 11.9. The van der Waals surface area contributed by atoms with Crippen molar-refractivity contribution in [3.63, 3.8) is 0 Å². The van der Waals surface area contributed by atoms with Gasteiger partial charge in [0.2, 0.25) is 5.91 Å². The molecule has 22 heavy (non-hydrogen) atoms. The van der Waals surface area contributed by atoms with E-state index in [1.54, 1.807) is 6.20 Å². The molecule has 0 radical (unpaired) electrons. The van der Waals surface area contributed by atoms with Crippen molar-refractivity contribution < 1.29 is 4.79 Å². The highest BCUT2D eigenvalue weighted by atomic mass is 16.1. The van der Waals surface area contributed by atoms with Crippen molar-refractivity contribution in [3.05, 3.63) is 12.5 Å². The monoisotopic (exact) mass is 302 g/mol. The van der Waals surface area contributed by atoms with Crippen LogP contribution in [0.2, 0.25) is 0 Å². The van der Waals surface area contributed by atoms with Gasteiger partial charge in [0.15, 0.2) is 5.65 Å². The molecule has 0 aromatic carbocycles. The van der Waals surface area contributed by atoms with Crippen molar-refractivity contribution in [1.82, 2.24) is 31.0 Å². The molecule has 0 spiro atoms. The van der Waals surface area contributed by atoms with E-state index in [0.717, 1.165) is 30.5 Å². The molecule has 2 aromatic heterocycles. The molecule has 9 nitrogen and oxygen atoms in total. The lowest BCUT2D eigenvalue weighted by molar-refractivity contribution is -0.120. The maximum absolute atomic E-state index is 11.5. The molecule has 4 atom stereocenters. The summed E-state index contributed by atoms with van der Waals surface area (Å²) in [6, 6.07) is 0.238. The first-order valence-corrected chi connectivity index (χ1v) is 7.43. The SMILES string of the molecule is NC(=O)C1NNC2CCC(Nc3ncnc4[nH]ncc34)CC21. The fourth-order valence-electron chi connectivity index (χ4n) is 3.54. The normalized spacial score (nSPS) is 31.1. The zero-order valence-electron chi connectivity index (χ0n) is 11.9. The van der Waals surface area contributed by atoms with Gasteiger partial charge in [0, 0.05) is 18.0 Å².